The SMILES string of the molecule is COc1ccc(-c2nc(CN3C[C@@H](C)O[C@@H](C)C3)c(C)o2)cc1. The molecule has 1 aliphatic heterocycles. The molecule has 5 heteroatoms. The maximum absolute atomic E-state index is 5.86. The minimum absolute atomic E-state index is 0.256. The third kappa shape index (κ3) is 3.74. The number of morpholine rings is 1. The Balaban J connectivity index is 1.75. The van der Waals surface area contributed by atoms with Crippen LogP contribution in [-0.2, 0) is 11.3 Å². The van der Waals surface area contributed by atoms with Gasteiger partial charge in [-0.2, -0.15) is 0 Å². The van der Waals surface area contributed by atoms with Gasteiger partial charge in [-0.3, -0.25) is 4.90 Å². The highest BCUT2D eigenvalue weighted by atomic mass is 16.5. The van der Waals surface area contributed by atoms with Crippen LogP contribution < -0.4 is 4.74 Å². The zero-order valence-corrected chi connectivity index (χ0v) is 14.2. The van der Waals surface area contributed by atoms with Gasteiger partial charge in [0, 0.05) is 25.2 Å². The number of benzene rings is 1. The Kier molecular flexibility index (Phi) is 4.68. The molecule has 1 fully saturated rings. The van der Waals surface area contributed by atoms with Crippen LogP contribution in [0, 0.1) is 6.92 Å². The molecule has 1 aromatic heterocycles. The fourth-order valence-corrected chi connectivity index (χ4v) is 3.06. The molecule has 1 saturated heterocycles. The van der Waals surface area contributed by atoms with Gasteiger partial charge >= 0.3 is 0 Å². The normalized spacial score (nSPS) is 22.3. The van der Waals surface area contributed by atoms with Crippen molar-refractivity contribution >= 4 is 0 Å². The number of nitrogens with zero attached hydrogens (tertiary/aromatic N) is 2. The number of oxazole rings is 1. The molecule has 2 aromatic rings. The van der Waals surface area contributed by atoms with Gasteiger partial charge in [0.2, 0.25) is 5.89 Å². The Bertz CT molecular complexity index is 641. The molecule has 23 heavy (non-hydrogen) atoms. The van der Waals surface area contributed by atoms with Crippen molar-refractivity contribution in [2.45, 2.75) is 39.5 Å². The van der Waals surface area contributed by atoms with Crippen LogP contribution in [0.15, 0.2) is 28.7 Å². The van der Waals surface area contributed by atoms with Gasteiger partial charge in [0.15, 0.2) is 0 Å². The first kappa shape index (κ1) is 16.0. The lowest BCUT2D eigenvalue weighted by atomic mass is 10.2. The quantitative estimate of drug-likeness (QED) is 0.866. The van der Waals surface area contributed by atoms with E-state index in [1.807, 2.05) is 31.2 Å². The van der Waals surface area contributed by atoms with Gasteiger partial charge in [0.1, 0.15) is 11.5 Å². The molecular formula is C18H24N2O3. The number of hydrogen-bond acceptors (Lipinski definition) is 5. The second kappa shape index (κ2) is 6.72. The predicted octanol–water partition coefficient (Wildman–Crippen LogP) is 3.27. The van der Waals surface area contributed by atoms with E-state index < -0.39 is 0 Å². The van der Waals surface area contributed by atoms with Gasteiger partial charge in [-0.25, -0.2) is 4.98 Å². The molecule has 0 bridgehead atoms. The molecular weight excluding hydrogens is 292 g/mol. The zero-order chi connectivity index (χ0) is 16.4. The van der Waals surface area contributed by atoms with E-state index in [2.05, 4.69) is 23.7 Å². The average molecular weight is 316 g/mol. The Morgan fingerprint density at radius 2 is 1.83 bits per heavy atom. The lowest BCUT2D eigenvalue weighted by molar-refractivity contribution is -0.0708. The molecule has 3 rings (SSSR count). The zero-order valence-electron chi connectivity index (χ0n) is 14.2. The number of methoxy groups -OCH3 is 1. The van der Waals surface area contributed by atoms with E-state index in [1.165, 1.54) is 0 Å². The number of hydrogen-bond donors (Lipinski definition) is 0. The van der Waals surface area contributed by atoms with Gasteiger partial charge in [0.25, 0.3) is 0 Å². The summed E-state index contributed by atoms with van der Waals surface area (Å²) in [5, 5.41) is 0. The third-order valence-corrected chi connectivity index (χ3v) is 4.10. The van der Waals surface area contributed by atoms with Crippen molar-refractivity contribution < 1.29 is 13.9 Å². The minimum Gasteiger partial charge on any atom is -0.497 e. The summed E-state index contributed by atoms with van der Waals surface area (Å²) in [5.74, 6) is 2.37. The molecule has 0 unspecified atom stereocenters. The van der Waals surface area contributed by atoms with E-state index in [0.717, 1.165) is 42.4 Å². The summed E-state index contributed by atoms with van der Waals surface area (Å²) in [4.78, 5) is 7.07. The number of aryl methyl sites for hydroxylation is 1. The first-order chi connectivity index (χ1) is 11.0. The van der Waals surface area contributed by atoms with Gasteiger partial charge in [-0.1, -0.05) is 0 Å². The van der Waals surface area contributed by atoms with Crippen molar-refractivity contribution in [1.82, 2.24) is 9.88 Å². The van der Waals surface area contributed by atoms with Crippen LogP contribution in [0.25, 0.3) is 11.5 Å². The van der Waals surface area contributed by atoms with Crippen molar-refractivity contribution in [2.75, 3.05) is 20.2 Å². The van der Waals surface area contributed by atoms with Crippen LogP contribution in [-0.4, -0.2) is 42.3 Å². The molecule has 1 aromatic carbocycles. The van der Waals surface area contributed by atoms with Crippen LogP contribution in [0.5, 0.6) is 5.75 Å². The highest BCUT2D eigenvalue weighted by Gasteiger charge is 2.24. The maximum atomic E-state index is 5.86. The summed E-state index contributed by atoms with van der Waals surface area (Å²) >= 11 is 0. The number of rotatable bonds is 4. The van der Waals surface area contributed by atoms with Crippen LogP contribution >= 0.6 is 0 Å². The molecule has 5 nitrogen and oxygen atoms in total. The van der Waals surface area contributed by atoms with Crippen molar-refractivity contribution in [3.8, 4) is 17.2 Å². The van der Waals surface area contributed by atoms with E-state index in [0.29, 0.717) is 5.89 Å². The summed E-state index contributed by atoms with van der Waals surface area (Å²) < 4.78 is 16.8. The van der Waals surface area contributed by atoms with Gasteiger partial charge < -0.3 is 13.9 Å². The largest absolute Gasteiger partial charge is 0.497 e. The number of ether oxygens (including phenoxy) is 2. The van der Waals surface area contributed by atoms with Crippen LogP contribution in [0.3, 0.4) is 0 Å². The smallest absolute Gasteiger partial charge is 0.226 e. The molecule has 2 atom stereocenters. The van der Waals surface area contributed by atoms with Gasteiger partial charge in [0.05, 0.1) is 25.0 Å². The lowest BCUT2D eigenvalue weighted by Crippen LogP contribution is -2.44. The van der Waals surface area contributed by atoms with Crippen LogP contribution in [0.1, 0.15) is 25.3 Å². The van der Waals surface area contributed by atoms with Crippen LogP contribution in [0.2, 0.25) is 0 Å². The summed E-state index contributed by atoms with van der Waals surface area (Å²) in [6, 6.07) is 7.76. The molecule has 0 amide bonds. The average Bonchev–Trinajstić information content (AvgIpc) is 2.87. The van der Waals surface area contributed by atoms with Crippen molar-refractivity contribution in [2.24, 2.45) is 0 Å². The predicted molar refractivity (Wildman–Crippen MR) is 88.5 cm³/mol. The first-order valence-corrected chi connectivity index (χ1v) is 8.03. The highest BCUT2D eigenvalue weighted by molar-refractivity contribution is 5.55. The maximum Gasteiger partial charge on any atom is 0.226 e. The summed E-state index contributed by atoms with van der Waals surface area (Å²) in [6.45, 7) is 8.84. The molecule has 0 saturated carbocycles. The minimum atomic E-state index is 0.256. The van der Waals surface area contributed by atoms with Gasteiger partial charge in [-0.15, -0.1) is 0 Å². The Hall–Kier alpha value is -1.85. The van der Waals surface area contributed by atoms with E-state index >= 15 is 0 Å². The van der Waals surface area contributed by atoms with Crippen molar-refractivity contribution in [1.29, 1.82) is 0 Å². The third-order valence-electron chi connectivity index (χ3n) is 4.10. The lowest BCUT2D eigenvalue weighted by Gasteiger charge is -2.34. The first-order valence-electron chi connectivity index (χ1n) is 8.03. The number of aromatic nitrogens is 1. The fourth-order valence-electron chi connectivity index (χ4n) is 3.06. The summed E-state index contributed by atoms with van der Waals surface area (Å²) in [7, 11) is 1.66. The van der Waals surface area contributed by atoms with E-state index in [-0.39, 0.29) is 12.2 Å². The summed E-state index contributed by atoms with van der Waals surface area (Å²) in [6.07, 6.45) is 0.513. The standard InChI is InChI=1S/C18H24N2O3/c1-12-9-20(10-13(2)22-12)11-17-14(3)23-18(19-17)15-5-7-16(21-4)8-6-15/h5-8,12-13H,9-11H2,1-4H3/t12-,13+. The molecule has 1 aliphatic rings. The molecule has 0 radical (unpaired) electrons. The van der Waals surface area contributed by atoms with E-state index in [1.54, 1.807) is 7.11 Å². The second-order valence-corrected chi connectivity index (χ2v) is 6.20. The van der Waals surface area contributed by atoms with Crippen molar-refractivity contribution in [3.63, 3.8) is 0 Å². The fraction of sp³-hybridized carbons (Fsp3) is 0.500. The Morgan fingerprint density at radius 1 is 1.17 bits per heavy atom. The Morgan fingerprint density at radius 3 is 2.43 bits per heavy atom. The van der Waals surface area contributed by atoms with Crippen LogP contribution in [0.4, 0.5) is 0 Å². The second-order valence-electron chi connectivity index (χ2n) is 6.20. The van der Waals surface area contributed by atoms with E-state index in [9.17, 15) is 0 Å². The molecule has 0 N–H and O–H groups in total. The Labute approximate surface area is 137 Å². The summed E-state index contributed by atoms with van der Waals surface area (Å²) in [5.41, 5.74) is 1.96. The molecule has 2 heterocycles. The molecule has 0 spiro atoms. The highest BCUT2D eigenvalue weighted by Crippen LogP contribution is 2.25. The van der Waals surface area contributed by atoms with E-state index in [4.69, 9.17) is 13.9 Å². The topological polar surface area (TPSA) is 47.7 Å². The molecule has 0 aliphatic carbocycles. The monoisotopic (exact) mass is 316 g/mol. The van der Waals surface area contributed by atoms with Crippen molar-refractivity contribution in [3.05, 3.63) is 35.7 Å². The van der Waals surface area contributed by atoms with Gasteiger partial charge in [-0.05, 0) is 45.0 Å². The molecule has 124 valence electrons.